The largest absolute Gasteiger partial charge is 2.00 e. The SMILES string of the molecule is CCCCCCCCCCCCCCCCCCOC(=O)C(CC(=O)[O-])S(=O)(=O)[O-].[Fe+2]. The van der Waals surface area contributed by atoms with E-state index in [0.717, 1.165) is 19.3 Å². The number of carbonyl (C=O) groups excluding carboxylic acids is 2. The number of ether oxygens (including phenoxy) is 1. The average Bonchev–Trinajstić information content (AvgIpc) is 2.67. The number of carboxylic acids is 1. The summed E-state index contributed by atoms with van der Waals surface area (Å²) < 4.78 is 37.6. The topological polar surface area (TPSA) is 124 Å². The average molecular weight is 504 g/mol. The first-order chi connectivity index (χ1) is 14.3. The number of rotatable bonds is 21. The van der Waals surface area contributed by atoms with Crippen molar-refractivity contribution in [3.05, 3.63) is 0 Å². The number of hydrogen-bond donors (Lipinski definition) is 0. The fourth-order valence-electron chi connectivity index (χ4n) is 3.37. The maximum absolute atomic E-state index is 11.6. The molecule has 0 amide bonds. The zero-order valence-corrected chi connectivity index (χ0v) is 20.8. The van der Waals surface area contributed by atoms with Gasteiger partial charge in [0, 0.05) is 12.4 Å². The van der Waals surface area contributed by atoms with Crippen molar-refractivity contribution in [2.75, 3.05) is 6.61 Å². The van der Waals surface area contributed by atoms with Crippen LogP contribution in [0.4, 0.5) is 0 Å². The van der Waals surface area contributed by atoms with Crippen molar-refractivity contribution in [3.8, 4) is 0 Å². The third kappa shape index (κ3) is 21.0. The second kappa shape index (κ2) is 21.2. The van der Waals surface area contributed by atoms with Gasteiger partial charge in [-0.2, -0.15) is 0 Å². The van der Waals surface area contributed by atoms with E-state index in [2.05, 4.69) is 6.92 Å². The number of aliphatic carboxylic acids is 1. The Balaban J connectivity index is 0. The van der Waals surface area contributed by atoms with Crippen molar-refractivity contribution >= 4 is 22.1 Å². The van der Waals surface area contributed by atoms with E-state index in [1.165, 1.54) is 77.0 Å². The van der Waals surface area contributed by atoms with Crippen LogP contribution in [0.5, 0.6) is 0 Å². The van der Waals surface area contributed by atoms with Gasteiger partial charge >= 0.3 is 23.0 Å². The van der Waals surface area contributed by atoms with Crippen molar-refractivity contribution in [3.63, 3.8) is 0 Å². The van der Waals surface area contributed by atoms with Gasteiger partial charge < -0.3 is 19.2 Å². The van der Waals surface area contributed by atoms with Crippen LogP contribution in [0.25, 0.3) is 0 Å². The third-order valence-electron chi connectivity index (χ3n) is 5.21. The van der Waals surface area contributed by atoms with E-state index in [4.69, 9.17) is 4.74 Å². The number of carboxylic acid groups (broad SMARTS) is 1. The minimum atomic E-state index is -5.08. The summed E-state index contributed by atoms with van der Waals surface area (Å²) in [6.07, 6.45) is 18.2. The van der Waals surface area contributed by atoms with Crippen LogP contribution in [0.1, 0.15) is 116 Å². The number of esters is 1. The molecule has 1 unspecified atom stereocenters. The van der Waals surface area contributed by atoms with E-state index in [0.29, 0.717) is 6.42 Å². The van der Waals surface area contributed by atoms with Gasteiger partial charge in [0.2, 0.25) is 0 Å². The molecular weight excluding hydrogens is 464 g/mol. The minimum Gasteiger partial charge on any atom is -0.747 e. The van der Waals surface area contributed by atoms with Gasteiger partial charge in [0.05, 0.1) is 6.61 Å². The summed E-state index contributed by atoms with van der Waals surface area (Å²) in [6.45, 7) is 2.22. The van der Waals surface area contributed by atoms with Gasteiger partial charge in [0.15, 0.2) is 5.25 Å². The van der Waals surface area contributed by atoms with Crippen LogP contribution < -0.4 is 5.11 Å². The fraction of sp³-hybridized carbons (Fsp3) is 0.909. The Morgan fingerprint density at radius 2 is 1.10 bits per heavy atom. The molecule has 7 nitrogen and oxygen atoms in total. The van der Waals surface area contributed by atoms with Crippen LogP contribution in [-0.2, 0) is 41.5 Å². The van der Waals surface area contributed by atoms with Gasteiger partial charge in [-0.1, -0.05) is 103 Å². The second-order valence-corrected chi connectivity index (χ2v) is 9.58. The Morgan fingerprint density at radius 1 is 0.742 bits per heavy atom. The van der Waals surface area contributed by atoms with E-state index >= 15 is 0 Å². The van der Waals surface area contributed by atoms with Gasteiger partial charge in [-0.15, -0.1) is 0 Å². The van der Waals surface area contributed by atoms with Crippen molar-refractivity contribution in [1.82, 2.24) is 0 Å². The van der Waals surface area contributed by atoms with Crippen molar-refractivity contribution < 1.29 is 49.5 Å². The van der Waals surface area contributed by atoms with E-state index in [-0.39, 0.29) is 23.7 Å². The number of unbranched alkanes of at least 4 members (excludes halogenated alkanes) is 15. The molecule has 0 aliphatic carbocycles. The number of carbonyl (C=O) groups is 2. The molecule has 0 bridgehead atoms. The third-order valence-corrected chi connectivity index (χ3v) is 6.26. The van der Waals surface area contributed by atoms with Crippen LogP contribution in [0, 0.1) is 0 Å². The molecule has 0 aliphatic rings. The summed E-state index contributed by atoms with van der Waals surface area (Å²) in [5, 5.41) is 8.24. The summed E-state index contributed by atoms with van der Waals surface area (Å²) in [4.78, 5) is 22.1. The standard InChI is InChI=1S/C22H42O7S.Fe/c1-2-3-4-5-6-7-8-9-10-11-12-13-14-15-16-17-18-29-22(25)20(19-21(23)24)30(26,27)28;/h20H,2-19H2,1H3,(H,23,24)(H,26,27,28);/q;+2/p-2. The van der Waals surface area contributed by atoms with Crippen molar-refractivity contribution in [2.45, 2.75) is 121 Å². The fourth-order valence-corrected chi connectivity index (χ4v) is 4.01. The molecule has 0 fully saturated rings. The molecule has 0 heterocycles. The Morgan fingerprint density at radius 3 is 1.42 bits per heavy atom. The van der Waals surface area contributed by atoms with Gasteiger partial charge in [-0.3, -0.25) is 4.79 Å². The zero-order valence-electron chi connectivity index (χ0n) is 18.9. The summed E-state index contributed by atoms with van der Waals surface area (Å²) in [5.74, 6) is -3.09. The molecule has 0 aromatic heterocycles. The first-order valence-electron chi connectivity index (χ1n) is 11.6. The van der Waals surface area contributed by atoms with Crippen LogP contribution in [0.15, 0.2) is 0 Å². The molecule has 1 atom stereocenters. The normalized spacial score (nSPS) is 12.2. The second-order valence-electron chi connectivity index (χ2n) is 8.03. The summed E-state index contributed by atoms with van der Waals surface area (Å²) in [6, 6.07) is 0. The number of hydrogen-bond acceptors (Lipinski definition) is 7. The predicted octanol–water partition coefficient (Wildman–Crippen LogP) is 3.84. The molecule has 31 heavy (non-hydrogen) atoms. The molecule has 0 rings (SSSR count). The van der Waals surface area contributed by atoms with Crippen LogP contribution in [0.3, 0.4) is 0 Å². The first-order valence-corrected chi connectivity index (χ1v) is 13.1. The maximum Gasteiger partial charge on any atom is 2.00 e. The molecule has 0 aliphatic heterocycles. The summed E-state index contributed by atoms with van der Waals surface area (Å²) >= 11 is 0. The zero-order chi connectivity index (χ0) is 22.7. The maximum atomic E-state index is 11.6. The molecule has 0 spiro atoms. The molecule has 0 saturated heterocycles. The molecule has 0 aromatic rings. The summed E-state index contributed by atoms with van der Waals surface area (Å²) in [5.41, 5.74) is 0. The quantitative estimate of drug-likeness (QED) is 0.101. The minimum absolute atomic E-state index is 0. The molecule has 0 radical (unpaired) electrons. The first kappa shape index (κ1) is 32.5. The van der Waals surface area contributed by atoms with E-state index < -0.39 is 33.7 Å². The Kier molecular flexibility index (Phi) is 22.3. The molecular formula is C22H40FeO7S. The smallest absolute Gasteiger partial charge is 0.747 e. The monoisotopic (exact) mass is 504 g/mol. The van der Waals surface area contributed by atoms with E-state index in [1.807, 2.05) is 0 Å². The van der Waals surface area contributed by atoms with Crippen LogP contribution >= 0.6 is 0 Å². The van der Waals surface area contributed by atoms with Gasteiger partial charge in [-0.05, 0) is 6.42 Å². The Labute approximate surface area is 199 Å². The van der Waals surface area contributed by atoms with Crippen LogP contribution in [0.2, 0.25) is 0 Å². The molecule has 0 saturated carbocycles. The molecule has 184 valence electrons. The van der Waals surface area contributed by atoms with Crippen molar-refractivity contribution in [2.24, 2.45) is 0 Å². The predicted molar refractivity (Wildman–Crippen MR) is 114 cm³/mol. The Hall–Kier alpha value is -0.631. The van der Waals surface area contributed by atoms with E-state index in [9.17, 15) is 27.7 Å². The molecule has 0 N–H and O–H groups in total. The van der Waals surface area contributed by atoms with Gasteiger partial charge in [0.25, 0.3) is 0 Å². The molecule has 9 heteroatoms. The van der Waals surface area contributed by atoms with Gasteiger partial charge in [-0.25, -0.2) is 8.42 Å². The van der Waals surface area contributed by atoms with Crippen LogP contribution in [-0.4, -0.2) is 36.8 Å². The van der Waals surface area contributed by atoms with Crippen molar-refractivity contribution in [1.29, 1.82) is 0 Å². The summed E-state index contributed by atoms with van der Waals surface area (Å²) in [7, 11) is -5.08. The Bertz CT molecular complexity index is 552. The van der Waals surface area contributed by atoms with Gasteiger partial charge in [0.1, 0.15) is 10.1 Å². The molecule has 0 aromatic carbocycles. The van der Waals surface area contributed by atoms with E-state index in [1.54, 1.807) is 0 Å².